The molecular formula is C4H4N2O5. The first-order valence-electron chi connectivity index (χ1n) is 2.60. The molecule has 0 aromatic carbocycles. The van der Waals surface area contributed by atoms with Crippen LogP contribution < -0.4 is 10.6 Å². The monoisotopic (exact) mass is 160 g/mol. The van der Waals surface area contributed by atoms with Gasteiger partial charge in [0.1, 0.15) is 0 Å². The quantitative estimate of drug-likeness (QED) is 0.331. The molecule has 1 unspecified atom stereocenters. The molecule has 1 heterocycles. The largest absolute Gasteiger partial charge is 0.508 e. The second-order valence-electron chi connectivity index (χ2n) is 1.73. The summed E-state index contributed by atoms with van der Waals surface area (Å²) >= 11 is 0. The van der Waals surface area contributed by atoms with Crippen LogP contribution in [0.4, 0.5) is 9.59 Å². The van der Waals surface area contributed by atoms with Crippen LogP contribution in [0.1, 0.15) is 0 Å². The first-order chi connectivity index (χ1) is 5.09. The Bertz CT molecular complexity index is 225. The number of hydrogen-bond acceptors (Lipinski definition) is 4. The van der Waals surface area contributed by atoms with Crippen molar-refractivity contribution in [2.45, 2.75) is 6.23 Å². The first-order valence-corrected chi connectivity index (χ1v) is 2.60. The van der Waals surface area contributed by atoms with Crippen molar-refractivity contribution in [3.05, 3.63) is 0 Å². The number of carboxylic acid groups (broad SMARTS) is 1. The number of rotatable bonds is 1. The molecule has 1 fully saturated rings. The van der Waals surface area contributed by atoms with Crippen molar-refractivity contribution in [2.75, 3.05) is 0 Å². The van der Waals surface area contributed by atoms with Crippen LogP contribution in [0.2, 0.25) is 0 Å². The van der Waals surface area contributed by atoms with E-state index in [4.69, 9.17) is 5.11 Å². The number of carbonyl (C=O) groups is 3. The predicted octanol–water partition coefficient (Wildman–Crippen LogP) is -1.15. The summed E-state index contributed by atoms with van der Waals surface area (Å²) in [5.41, 5.74) is 0. The number of imide groups is 1. The van der Waals surface area contributed by atoms with Gasteiger partial charge in [0.2, 0.25) is 0 Å². The summed E-state index contributed by atoms with van der Waals surface area (Å²) in [5, 5.41) is 11.8. The Hall–Kier alpha value is -1.79. The molecule has 0 radical (unpaired) electrons. The van der Waals surface area contributed by atoms with Crippen molar-refractivity contribution >= 4 is 18.1 Å². The molecule has 60 valence electrons. The molecule has 1 atom stereocenters. The molecule has 0 aromatic rings. The summed E-state index contributed by atoms with van der Waals surface area (Å²) in [6.07, 6.45) is -3.03. The van der Waals surface area contributed by atoms with Crippen LogP contribution in [0, 0.1) is 0 Å². The van der Waals surface area contributed by atoms with Gasteiger partial charge in [0, 0.05) is 0 Å². The van der Waals surface area contributed by atoms with E-state index in [1.54, 1.807) is 5.32 Å². The van der Waals surface area contributed by atoms with E-state index in [1.165, 1.54) is 0 Å². The standard InChI is InChI=1S/C4H4N2O5/c7-1-2(11-4(9)10)6-3(8)5-1/h2H,(H,9,10)(H2,5,6,7,8). The molecule has 3 amide bonds. The Labute approximate surface area is 60.3 Å². The second-order valence-corrected chi connectivity index (χ2v) is 1.73. The van der Waals surface area contributed by atoms with Gasteiger partial charge >= 0.3 is 12.2 Å². The molecule has 11 heavy (non-hydrogen) atoms. The number of nitrogens with one attached hydrogen (secondary N) is 2. The Balaban J connectivity index is 2.53. The Morgan fingerprint density at radius 2 is 2.18 bits per heavy atom. The summed E-state index contributed by atoms with van der Waals surface area (Å²) in [6.45, 7) is 0. The molecule has 0 saturated carbocycles. The highest BCUT2D eigenvalue weighted by molar-refractivity contribution is 6.03. The summed E-state index contributed by atoms with van der Waals surface area (Å²) in [5.74, 6) is -0.808. The van der Waals surface area contributed by atoms with Crippen LogP contribution in [-0.2, 0) is 9.53 Å². The smallest absolute Gasteiger partial charge is 0.450 e. The SMILES string of the molecule is O=C1NC(=O)C(OC(=O)O)N1. The van der Waals surface area contributed by atoms with E-state index in [1.807, 2.05) is 5.32 Å². The minimum Gasteiger partial charge on any atom is -0.450 e. The topological polar surface area (TPSA) is 105 Å². The molecule has 1 rings (SSSR count). The Morgan fingerprint density at radius 1 is 1.55 bits per heavy atom. The maximum atomic E-state index is 10.5. The fourth-order valence-corrected chi connectivity index (χ4v) is 0.582. The van der Waals surface area contributed by atoms with Crippen molar-refractivity contribution in [1.29, 1.82) is 0 Å². The lowest BCUT2D eigenvalue weighted by Crippen LogP contribution is -2.33. The van der Waals surface area contributed by atoms with Crippen molar-refractivity contribution < 1.29 is 24.2 Å². The fraction of sp³-hybridized carbons (Fsp3) is 0.250. The average molecular weight is 160 g/mol. The lowest BCUT2D eigenvalue weighted by atomic mass is 10.6. The average Bonchev–Trinajstić information content (AvgIpc) is 2.09. The number of carbonyl (C=O) groups excluding carboxylic acids is 2. The van der Waals surface area contributed by atoms with E-state index in [0.717, 1.165) is 0 Å². The van der Waals surface area contributed by atoms with Crippen LogP contribution in [0.5, 0.6) is 0 Å². The maximum absolute atomic E-state index is 10.5. The van der Waals surface area contributed by atoms with E-state index >= 15 is 0 Å². The summed E-state index contributed by atoms with van der Waals surface area (Å²) in [6, 6.07) is -0.763. The van der Waals surface area contributed by atoms with Gasteiger partial charge in [-0.1, -0.05) is 0 Å². The van der Waals surface area contributed by atoms with Gasteiger partial charge in [-0.25, -0.2) is 9.59 Å². The lowest BCUT2D eigenvalue weighted by molar-refractivity contribution is -0.127. The van der Waals surface area contributed by atoms with E-state index in [-0.39, 0.29) is 0 Å². The highest BCUT2D eigenvalue weighted by Gasteiger charge is 2.32. The highest BCUT2D eigenvalue weighted by Crippen LogP contribution is 1.94. The van der Waals surface area contributed by atoms with Gasteiger partial charge in [-0.15, -0.1) is 0 Å². The highest BCUT2D eigenvalue weighted by atomic mass is 16.7. The summed E-state index contributed by atoms with van der Waals surface area (Å²) in [4.78, 5) is 30.7. The Kier molecular flexibility index (Phi) is 1.63. The number of amides is 3. The fourth-order valence-electron chi connectivity index (χ4n) is 0.582. The van der Waals surface area contributed by atoms with E-state index < -0.39 is 24.3 Å². The molecule has 0 spiro atoms. The summed E-state index contributed by atoms with van der Waals surface area (Å²) in [7, 11) is 0. The predicted molar refractivity (Wildman–Crippen MR) is 29.6 cm³/mol. The van der Waals surface area contributed by atoms with Crippen LogP contribution in [0.3, 0.4) is 0 Å². The molecule has 0 aromatic heterocycles. The molecule has 0 aliphatic carbocycles. The Morgan fingerprint density at radius 3 is 2.55 bits per heavy atom. The maximum Gasteiger partial charge on any atom is 0.508 e. The van der Waals surface area contributed by atoms with E-state index in [9.17, 15) is 14.4 Å². The number of ether oxygens (including phenoxy) is 1. The van der Waals surface area contributed by atoms with Gasteiger partial charge < -0.3 is 9.84 Å². The van der Waals surface area contributed by atoms with Crippen LogP contribution in [0.25, 0.3) is 0 Å². The zero-order valence-corrected chi connectivity index (χ0v) is 5.16. The van der Waals surface area contributed by atoms with Gasteiger partial charge in [-0.05, 0) is 0 Å². The van der Waals surface area contributed by atoms with Crippen molar-refractivity contribution in [3.8, 4) is 0 Å². The van der Waals surface area contributed by atoms with Crippen molar-refractivity contribution in [2.24, 2.45) is 0 Å². The normalized spacial score (nSPS) is 22.4. The zero-order chi connectivity index (χ0) is 8.43. The van der Waals surface area contributed by atoms with Gasteiger partial charge in [-0.3, -0.25) is 15.4 Å². The third-order valence-electron chi connectivity index (χ3n) is 0.956. The molecular weight excluding hydrogens is 156 g/mol. The number of urea groups is 1. The molecule has 3 N–H and O–H groups in total. The van der Waals surface area contributed by atoms with Crippen molar-refractivity contribution in [1.82, 2.24) is 10.6 Å². The third kappa shape index (κ3) is 1.57. The molecule has 7 heteroatoms. The summed E-state index contributed by atoms with van der Waals surface area (Å²) < 4.78 is 3.97. The van der Waals surface area contributed by atoms with Gasteiger partial charge in [0.15, 0.2) is 0 Å². The van der Waals surface area contributed by atoms with Crippen molar-refractivity contribution in [3.63, 3.8) is 0 Å². The van der Waals surface area contributed by atoms with Crippen LogP contribution in [-0.4, -0.2) is 29.4 Å². The number of hydrogen-bond donors (Lipinski definition) is 3. The minimum atomic E-state index is -1.62. The molecule has 1 aliphatic heterocycles. The molecule has 1 aliphatic rings. The molecule has 1 saturated heterocycles. The molecule has 7 nitrogen and oxygen atoms in total. The minimum absolute atomic E-state index is 0.763. The van der Waals surface area contributed by atoms with Gasteiger partial charge in [-0.2, -0.15) is 0 Å². The van der Waals surface area contributed by atoms with Crippen LogP contribution in [0.15, 0.2) is 0 Å². The van der Waals surface area contributed by atoms with E-state index in [2.05, 4.69) is 4.74 Å². The zero-order valence-electron chi connectivity index (χ0n) is 5.16. The first kappa shape index (κ1) is 7.32. The van der Waals surface area contributed by atoms with Crippen LogP contribution >= 0.6 is 0 Å². The van der Waals surface area contributed by atoms with Gasteiger partial charge in [0.05, 0.1) is 0 Å². The van der Waals surface area contributed by atoms with E-state index in [0.29, 0.717) is 0 Å². The molecule has 0 bridgehead atoms. The van der Waals surface area contributed by atoms with Gasteiger partial charge in [0.25, 0.3) is 12.1 Å². The third-order valence-corrected chi connectivity index (χ3v) is 0.956. The lowest BCUT2D eigenvalue weighted by Gasteiger charge is -2.03. The second kappa shape index (κ2) is 2.45.